The van der Waals surface area contributed by atoms with Crippen molar-refractivity contribution in [2.45, 2.75) is 38.8 Å². The quantitative estimate of drug-likeness (QED) is 0.723. The first-order valence-electron chi connectivity index (χ1n) is 7.44. The molecule has 0 spiro atoms. The van der Waals surface area contributed by atoms with Gasteiger partial charge in [0, 0.05) is 32.8 Å². The van der Waals surface area contributed by atoms with Crippen LogP contribution in [0.2, 0.25) is 0 Å². The zero-order chi connectivity index (χ0) is 16.8. The fourth-order valence-electron chi connectivity index (χ4n) is 2.10. The molecule has 0 saturated carbocycles. The number of benzene rings is 1. The topological polar surface area (TPSA) is 64.6 Å². The lowest BCUT2D eigenvalue weighted by Crippen LogP contribution is -2.50. The van der Waals surface area contributed by atoms with E-state index in [-0.39, 0.29) is 25.0 Å². The zero-order valence-corrected chi connectivity index (χ0v) is 13.7. The number of carbonyl (C=O) groups is 1. The summed E-state index contributed by atoms with van der Waals surface area (Å²) < 4.78 is 13.9. The van der Waals surface area contributed by atoms with Crippen molar-refractivity contribution in [2.75, 3.05) is 25.6 Å². The van der Waals surface area contributed by atoms with E-state index in [0.29, 0.717) is 24.1 Å². The normalized spacial score (nSPS) is 13.4. The molecule has 1 aromatic rings. The average molecular weight is 311 g/mol. The van der Waals surface area contributed by atoms with Crippen molar-refractivity contribution in [1.29, 1.82) is 0 Å². The standard InChI is InChI=1S/C16H26FN3O2/c1-5-16(2,8-9-21)19-15(22)18-11-12-6-7-14(20(3)4)13(17)10-12/h6-7,10,21H,5,8-9,11H2,1-4H3,(H2,18,19,22). The number of anilines is 1. The number of nitrogens with zero attached hydrogens (tertiary/aromatic N) is 1. The lowest BCUT2D eigenvalue weighted by Gasteiger charge is -2.29. The van der Waals surface area contributed by atoms with Crippen LogP contribution in [0.4, 0.5) is 14.9 Å². The monoisotopic (exact) mass is 311 g/mol. The molecule has 1 rings (SSSR count). The molecular formula is C16H26FN3O2. The number of carbonyl (C=O) groups excluding carboxylic acids is 1. The van der Waals surface area contributed by atoms with Crippen LogP contribution in [0.25, 0.3) is 0 Å². The summed E-state index contributed by atoms with van der Waals surface area (Å²) in [4.78, 5) is 13.6. The largest absolute Gasteiger partial charge is 0.396 e. The Hall–Kier alpha value is -1.82. The Balaban J connectivity index is 2.59. The summed E-state index contributed by atoms with van der Waals surface area (Å²) in [6, 6.07) is 4.56. The van der Waals surface area contributed by atoms with Gasteiger partial charge in [-0.1, -0.05) is 13.0 Å². The molecule has 0 aromatic heterocycles. The number of nitrogens with one attached hydrogen (secondary N) is 2. The average Bonchev–Trinajstić information content (AvgIpc) is 2.45. The van der Waals surface area contributed by atoms with E-state index in [1.54, 1.807) is 31.1 Å². The number of urea groups is 1. The second-order valence-electron chi connectivity index (χ2n) is 5.88. The van der Waals surface area contributed by atoms with Crippen LogP contribution in [0.3, 0.4) is 0 Å². The van der Waals surface area contributed by atoms with Crippen molar-refractivity contribution in [3.05, 3.63) is 29.6 Å². The molecule has 22 heavy (non-hydrogen) atoms. The predicted octanol–water partition coefficient (Wildman–Crippen LogP) is 2.24. The highest BCUT2D eigenvalue weighted by Crippen LogP contribution is 2.18. The summed E-state index contributed by atoms with van der Waals surface area (Å²) in [5, 5.41) is 14.6. The van der Waals surface area contributed by atoms with Gasteiger partial charge in [-0.3, -0.25) is 0 Å². The summed E-state index contributed by atoms with van der Waals surface area (Å²) in [7, 11) is 3.55. The Morgan fingerprint density at radius 1 is 1.41 bits per heavy atom. The van der Waals surface area contributed by atoms with E-state index in [1.165, 1.54) is 6.07 Å². The smallest absolute Gasteiger partial charge is 0.315 e. The van der Waals surface area contributed by atoms with Gasteiger partial charge in [0.1, 0.15) is 5.82 Å². The summed E-state index contributed by atoms with van der Waals surface area (Å²) in [6.07, 6.45) is 1.20. The lowest BCUT2D eigenvalue weighted by atomic mass is 9.95. The van der Waals surface area contributed by atoms with E-state index >= 15 is 0 Å². The zero-order valence-electron chi connectivity index (χ0n) is 13.7. The van der Waals surface area contributed by atoms with E-state index in [0.717, 1.165) is 0 Å². The number of aliphatic hydroxyl groups excluding tert-OH is 1. The third-order valence-electron chi connectivity index (χ3n) is 3.81. The molecule has 0 radical (unpaired) electrons. The van der Waals surface area contributed by atoms with E-state index < -0.39 is 5.54 Å². The molecule has 1 unspecified atom stereocenters. The van der Waals surface area contributed by atoms with Gasteiger partial charge in [-0.2, -0.15) is 0 Å². The third-order valence-corrected chi connectivity index (χ3v) is 3.81. The molecule has 0 saturated heterocycles. The van der Waals surface area contributed by atoms with Gasteiger partial charge in [-0.15, -0.1) is 0 Å². The number of hydrogen-bond donors (Lipinski definition) is 3. The molecule has 2 amide bonds. The summed E-state index contributed by atoms with van der Waals surface area (Å²) in [6.45, 7) is 4.09. The lowest BCUT2D eigenvalue weighted by molar-refractivity contribution is 0.200. The van der Waals surface area contributed by atoms with Gasteiger partial charge in [0.25, 0.3) is 0 Å². The van der Waals surface area contributed by atoms with Crippen LogP contribution in [-0.4, -0.2) is 37.4 Å². The summed E-state index contributed by atoms with van der Waals surface area (Å²) >= 11 is 0. The van der Waals surface area contributed by atoms with Gasteiger partial charge in [0.15, 0.2) is 0 Å². The second-order valence-corrected chi connectivity index (χ2v) is 5.88. The van der Waals surface area contributed by atoms with Gasteiger partial charge < -0.3 is 20.6 Å². The van der Waals surface area contributed by atoms with Crippen molar-refractivity contribution >= 4 is 11.7 Å². The number of amides is 2. The van der Waals surface area contributed by atoms with Crippen LogP contribution in [0, 0.1) is 5.82 Å². The Morgan fingerprint density at radius 2 is 2.09 bits per heavy atom. The molecule has 6 heteroatoms. The van der Waals surface area contributed by atoms with Crippen molar-refractivity contribution in [1.82, 2.24) is 10.6 Å². The maximum absolute atomic E-state index is 13.9. The highest BCUT2D eigenvalue weighted by Gasteiger charge is 2.23. The maximum Gasteiger partial charge on any atom is 0.315 e. The Kier molecular flexibility index (Phi) is 6.61. The Morgan fingerprint density at radius 3 is 2.59 bits per heavy atom. The van der Waals surface area contributed by atoms with Crippen molar-refractivity contribution in [2.24, 2.45) is 0 Å². The first kappa shape index (κ1) is 18.2. The van der Waals surface area contributed by atoms with Gasteiger partial charge in [-0.25, -0.2) is 9.18 Å². The molecule has 0 aliphatic heterocycles. The molecule has 0 bridgehead atoms. The highest BCUT2D eigenvalue weighted by molar-refractivity contribution is 5.74. The molecular weight excluding hydrogens is 285 g/mol. The van der Waals surface area contributed by atoms with Crippen LogP contribution in [0.1, 0.15) is 32.3 Å². The molecule has 1 atom stereocenters. The van der Waals surface area contributed by atoms with Gasteiger partial charge >= 0.3 is 6.03 Å². The molecule has 1 aromatic carbocycles. The minimum atomic E-state index is -0.446. The van der Waals surface area contributed by atoms with E-state index in [1.807, 2.05) is 13.8 Å². The third kappa shape index (κ3) is 5.18. The molecule has 0 fully saturated rings. The molecule has 0 heterocycles. The number of rotatable bonds is 7. The molecule has 0 aliphatic carbocycles. The first-order valence-corrected chi connectivity index (χ1v) is 7.44. The van der Waals surface area contributed by atoms with E-state index in [2.05, 4.69) is 10.6 Å². The molecule has 3 N–H and O–H groups in total. The Bertz CT molecular complexity index is 508. The second kappa shape index (κ2) is 7.98. The van der Waals surface area contributed by atoms with Crippen molar-refractivity contribution < 1.29 is 14.3 Å². The predicted molar refractivity (Wildman–Crippen MR) is 86.5 cm³/mol. The molecule has 0 aliphatic rings. The van der Waals surface area contributed by atoms with Gasteiger partial charge in [0.2, 0.25) is 0 Å². The van der Waals surface area contributed by atoms with Crippen LogP contribution in [0.5, 0.6) is 0 Å². The van der Waals surface area contributed by atoms with Gasteiger partial charge in [0.05, 0.1) is 5.69 Å². The number of aliphatic hydroxyl groups is 1. The maximum atomic E-state index is 13.9. The number of hydrogen-bond acceptors (Lipinski definition) is 3. The first-order chi connectivity index (χ1) is 10.3. The van der Waals surface area contributed by atoms with Crippen LogP contribution < -0.4 is 15.5 Å². The van der Waals surface area contributed by atoms with E-state index in [4.69, 9.17) is 5.11 Å². The van der Waals surface area contributed by atoms with E-state index in [9.17, 15) is 9.18 Å². The van der Waals surface area contributed by atoms with Crippen molar-refractivity contribution in [3.63, 3.8) is 0 Å². The van der Waals surface area contributed by atoms with Gasteiger partial charge in [-0.05, 0) is 37.5 Å². The summed E-state index contributed by atoms with van der Waals surface area (Å²) in [5.41, 5.74) is 0.757. The SMILES string of the molecule is CCC(C)(CCO)NC(=O)NCc1ccc(N(C)C)c(F)c1. The molecule has 5 nitrogen and oxygen atoms in total. The summed E-state index contributed by atoms with van der Waals surface area (Å²) in [5.74, 6) is -0.316. The fourth-order valence-corrected chi connectivity index (χ4v) is 2.10. The minimum absolute atomic E-state index is 0.0157. The molecule has 124 valence electrons. The number of halogens is 1. The van der Waals surface area contributed by atoms with Crippen LogP contribution in [-0.2, 0) is 6.54 Å². The minimum Gasteiger partial charge on any atom is -0.396 e. The highest BCUT2D eigenvalue weighted by atomic mass is 19.1. The van der Waals surface area contributed by atoms with Crippen LogP contribution in [0.15, 0.2) is 18.2 Å². The van der Waals surface area contributed by atoms with Crippen molar-refractivity contribution in [3.8, 4) is 0 Å². The fraction of sp³-hybridized carbons (Fsp3) is 0.562. The van der Waals surface area contributed by atoms with Crippen LogP contribution >= 0.6 is 0 Å². The Labute approximate surface area is 131 Å².